The Morgan fingerprint density at radius 2 is 1.81 bits per heavy atom. The van der Waals surface area contributed by atoms with Gasteiger partial charge in [0, 0.05) is 11.6 Å². The minimum absolute atomic E-state index is 0.596. The third-order valence-corrected chi connectivity index (χ3v) is 3.33. The van der Waals surface area contributed by atoms with Crippen LogP contribution in [0.25, 0.3) is 0 Å². The maximum atomic E-state index is 9.31. The number of rotatable bonds is 6. The number of benzene rings is 2. The number of ether oxygens (including phenoxy) is 2. The van der Waals surface area contributed by atoms with Gasteiger partial charge in [0.2, 0.25) is 0 Å². The third kappa shape index (κ3) is 3.75. The maximum absolute atomic E-state index is 9.31. The number of hydrogen-bond acceptors (Lipinski definition) is 4. The summed E-state index contributed by atoms with van der Waals surface area (Å²) < 4.78 is 10.5. The predicted molar refractivity (Wildman–Crippen MR) is 82.6 cm³/mol. The average Bonchev–Trinajstić information content (AvgIpc) is 2.56. The Hall–Kier alpha value is -2.49. The molecule has 0 aliphatic rings. The summed E-state index contributed by atoms with van der Waals surface area (Å²) in [5.74, 6) is 1.34. The Kier molecular flexibility index (Phi) is 5.21. The van der Waals surface area contributed by atoms with E-state index in [-0.39, 0.29) is 0 Å². The maximum Gasteiger partial charge on any atom is 0.131 e. The molecule has 0 unspecified atom stereocenters. The average molecular weight is 285 g/mol. The fraction of sp³-hybridized carbons (Fsp3) is 0.235. The molecule has 0 bridgehead atoms. The zero-order chi connectivity index (χ0) is 15.1. The van der Waals surface area contributed by atoms with E-state index < -0.39 is 0 Å². The predicted octanol–water partition coefficient (Wildman–Crippen LogP) is 3.51. The van der Waals surface area contributed by atoms with Gasteiger partial charge in [0.15, 0.2) is 0 Å². The van der Waals surface area contributed by atoms with Gasteiger partial charge in [0.05, 0.1) is 19.9 Å². The van der Waals surface area contributed by atoms with Gasteiger partial charge < -0.3 is 14.7 Å². The molecule has 0 amide bonds. The van der Waals surface area contributed by atoms with Gasteiger partial charge in [-0.3, -0.25) is 0 Å². The van der Waals surface area contributed by atoms with E-state index in [4.69, 9.17) is 9.47 Å². The monoisotopic (exact) mass is 285 g/mol. The molecule has 0 spiro atoms. The molecule has 0 aromatic heterocycles. The van der Waals surface area contributed by atoms with Crippen LogP contribution >= 0.6 is 0 Å². The van der Waals surface area contributed by atoms with Crippen molar-refractivity contribution in [3.8, 4) is 11.5 Å². The lowest BCUT2D eigenvalue weighted by atomic mass is 10.0. The van der Waals surface area contributed by atoms with Crippen LogP contribution in [0.15, 0.2) is 53.7 Å². The number of oxime groups is 1. The van der Waals surface area contributed by atoms with Gasteiger partial charge in [0.25, 0.3) is 0 Å². The summed E-state index contributed by atoms with van der Waals surface area (Å²) in [4.78, 5) is 0. The van der Waals surface area contributed by atoms with Crippen LogP contribution in [0.4, 0.5) is 0 Å². The molecule has 110 valence electrons. The van der Waals surface area contributed by atoms with Gasteiger partial charge in [-0.05, 0) is 30.5 Å². The molecule has 2 aromatic carbocycles. The number of nitrogens with zero attached hydrogens (tertiary/aromatic N) is 1. The second-order valence-corrected chi connectivity index (χ2v) is 4.60. The Morgan fingerprint density at radius 3 is 2.43 bits per heavy atom. The standard InChI is InChI=1S/C17H19NO3/c1-20-14-9-10-15(17(12-14)21-2)16(18-19)11-8-13-6-4-3-5-7-13/h3-7,9-10,12,19H,8,11H2,1-2H3. The number of hydrogen-bond donors (Lipinski definition) is 1. The first-order valence-corrected chi connectivity index (χ1v) is 6.75. The second-order valence-electron chi connectivity index (χ2n) is 4.60. The Bertz CT molecular complexity index is 609. The van der Waals surface area contributed by atoms with E-state index in [0.717, 1.165) is 12.0 Å². The molecule has 0 radical (unpaired) electrons. The number of methoxy groups -OCH3 is 2. The van der Waals surface area contributed by atoms with Crippen LogP contribution in [0.2, 0.25) is 0 Å². The van der Waals surface area contributed by atoms with Crippen LogP contribution < -0.4 is 9.47 Å². The van der Waals surface area contributed by atoms with E-state index in [1.165, 1.54) is 5.56 Å². The summed E-state index contributed by atoms with van der Waals surface area (Å²) in [7, 11) is 3.19. The van der Waals surface area contributed by atoms with E-state index in [1.807, 2.05) is 30.3 Å². The molecule has 0 aliphatic carbocycles. The molecule has 0 atom stereocenters. The summed E-state index contributed by atoms with van der Waals surface area (Å²) in [5.41, 5.74) is 2.57. The van der Waals surface area contributed by atoms with Crippen molar-refractivity contribution >= 4 is 5.71 Å². The van der Waals surface area contributed by atoms with Gasteiger partial charge in [-0.1, -0.05) is 35.5 Å². The molecule has 2 aromatic rings. The van der Waals surface area contributed by atoms with Crippen LogP contribution in [0.3, 0.4) is 0 Å². The summed E-state index contributed by atoms with van der Waals surface area (Å²) in [6.45, 7) is 0. The molecule has 0 heterocycles. The molecular weight excluding hydrogens is 266 g/mol. The quantitative estimate of drug-likeness (QED) is 0.502. The van der Waals surface area contributed by atoms with Crippen LogP contribution in [0, 0.1) is 0 Å². The lowest BCUT2D eigenvalue weighted by Gasteiger charge is -2.11. The van der Waals surface area contributed by atoms with Gasteiger partial charge in [-0.25, -0.2) is 0 Å². The topological polar surface area (TPSA) is 51.0 Å². The van der Waals surface area contributed by atoms with Crippen LogP contribution in [-0.4, -0.2) is 25.1 Å². The van der Waals surface area contributed by atoms with Crippen molar-refractivity contribution in [3.05, 3.63) is 59.7 Å². The van der Waals surface area contributed by atoms with Gasteiger partial charge in [-0.15, -0.1) is 0 Å². The largest absolute Gasteiger partial charge is 0.497 e. The molecule has 4 nitrogen and oxygen atoms in total. The highest BCUT2D eigenvalue weighted by Gasteiger charge is 2.12. The molecule has 1 N–H and O–H groups in total. The fourth-order valence-electron chi connectivity index (χ4n) is 2.18. The van der Waals surface area contributed by atoms with E-state index in [9.17, 15) is 5.21 Å². The SMILES string of the molecule is COc1ccc(C(CCc2ccccc2)=NO)c(OC)c1. The molecule has 2 rings (SSSR count). The van der Waals surface area contributed by atoms with Crippen LogP contribution in [0.1, 0.15) is 17.5 Å². The Labute approximate surface area is 124 Å². The highest BCUT2D eigenvalue weighted by atomic mass is 16.5. The lowest BCUT2D eigenvalue weighted by Crippen LogP contribution is -2.06. The van der Waals surface area contributed by atoms with E-state index >= 15 is 0 Å². The highest BCUT2D eigenvalue weighted by molar-refractivity contribution is 6.02. The molecule has 0 aliphatic heterocycles. The first kappa shape index (κ1) is 14.9. The van der Waals surface area contributed by atoms with Crippen molar-refractivity contribution in [2.45, 2.75) is 12.8 Å². The molecular formula is C17H19NO3. The Morgan fingerprint density at radius 1 is 1.05 bits per heavy atom. The first-order chi connectivity index (χ1) is 10.3. The van der Waals surface area contributed by atoms with Crippen LogP contribution in [-0.2, 0) is 6.42 Å². The molecule has 0 saturated heterocycles. The summed E-state index contributed by atoms with van der Waals surface area (Å²) >= 11 is 0. The molecule has 0 fully saturated rings. The van der Waals surface area contributed by atoms with E-state index in [1.54, 1.807) is 20.3 Å². The summed E-state index contributed by atoms with van der Waals surface area (Å²) in [6, 6.07) is 15.5. The van der Waals surface area contributed by atoms with Gasteiger partial charge in [0.1, 0.15) is 11.5 Å². The zero-order valence-electron chi connectivity index (χ0n) is 12.2. The van der Waals surface area contributed by atoms with E-state index in [2.05, 4.69) is 17.3 Å². The number of aryl methyl sites for hydroxylation is 1. The summed E-state index contributed by atoms with van der Waals surface area (Å²) in [5, 5.41) is 12.7. The van der Waals surface area contributed by atoms with Crippen molar-refractivity contribution < 1.29 is 14.7 Å². The minimum Gasteiger partial charge on any atom is -0.497 e. The highest BCUT2D eigenvalue weighted by Crippen LogP contribution is 2.26. The second kappa shape index (κ2) is 7.33. The van der Waals surface area contributed by atoms with Gasteiger partial charge in [-0.2, -0.15) is 0 Å². The van der Waals surface area contributed by atoms with Crippen molar-refractivity contribution in [1.29, 1.82) is 0 Å². The summed E-state index contributed by atoms with van der Waals surface area (Å²) in [6.07, 6.45) is 1.43. The smallest absolute Gasteiger partial charge is 0.131 e. The Balaban J connectivity index is 2.18. The molecule has 21 heavy (non-hydrogen) atoms. The third-order valence-electron chi connectivity index (χ3n) is 3.33. The van der Waals surface area contributed by atoms with E-state index in [0.29, 0.717) is 23.6 Å². The van der Waals surface area contributed by atoms with Gasteiger partial charge >= 0.3 is 0 Å². The van der Waals surface area contributed by atoms with Crippen LogP contribution in [0.5, 0.6) is 11.5 Å². The van der Waals surface area contributed by atoms with Crippen molar-refractivity contribution in [2.75, 3.05) is 14.2 Å². The normalized spacial score (nSPS) is 11.2. The van der Waals surface area contributed by atoms with Crippen molar-refractivity contribution in [2.24, 2.45) is 5.16 Å². The molecule has 0 saturated carbocycles. The van der Waals surface area contributed by atoms with Crippen molar-refractivity contribution in [3.63, 3.8) is 0 Å². The minimum atomic E-state index is 0.596. The molecule has 4 heteroatoms. The first-order valence-electron chi connectivity index (χ1n) is 6.75. The van der Waals surface area contributed by atoms with Crippen molar-refractivity contribution in [1.82, 2.24) is 0 Å². The lowest BCUT2D eigenvalue weighted by molar-refractivity contribution is 0.317. The fourth-order valence-corrected chi connectivity index (χ4v) is 2.18. The zero-order valence-corrected chi connectivity index (χ0v) is 12.2.